The number of hydrogen-bond donors (Lipinski definition) is 1. The average molecular weight is 244 g/mol. The molecule has 5 heteroatoms. The van der Waals surface area contributed by atoms with E-state index in [9.17, 15) is 4.79 Å². The molecule has 0 amide bonds. The summed E-state index contributed by atoms with van der Waals surface area (Å²) in [5.74, 6) is 0.368. The molecular formula is C11H18ClN3O. The second-order valence-electron chi connectivity index (χ2n) is 4.26. The van der Waals surface area contributed by atoms with Crippen LogP contribution in [0, 0.1) is 6.92 Å². The Kier molecular flexibility index (Phi) is 4.35. The summed E-state index contributed by atoms with van der Waals surface area (Å²) < 4.78 is 2.01. The highest BCUT2D eigenvalue weighted by Gasteiger charge is 2.18. The second kappa shape index (κ2) is 5.34. The Hall–Kier alpha value is -1.03. The first kappa shape index (κ1) is 13.0. The minimum absolute atomic E-state index is 0. The van der Waals surface area contributed by atoms with Crippen molar-refractivity contribution in [3.8, 4) is 0 Å². The molecule has 1 saturated carbocycles. The normalized spacial score (nSPS) is 16.8. The van der Waals surface area contributed by atoms with Crippen LogP contribution in [0.5, 0.6) is 0 Å². The molecule has 1 aliphatic carbocycles. The van der Waals surface area contributed by atoms with Crippen LogP contribution in [0.1, 0.15) is 43.8 Å². The van der Waals surface area contributed by atoms with E-state index in [1.165, 1.54) is 19.3 Å². The monoisotopic (exact) mass is 243 g/mol. The van der Waals surface area contributed by atoms with Crippen molar-refractivity contribution in [3.05, 3.63) is 22.1 Å². The van der Waals surface area contributed by atoms with Gasteiger partial charge in [-0.2, -0.15) is 4.98 Å². The Balaban J connectivity index is 0.00000128. The van der Waals surface area contributed by atoms with Gasteiger partial charge in [0.15, 0.2) is 0 Å². The van der Waals surface area contributed by atoms with Gasteiger partial charge in [-0.25, -0.2) is 0 Å². The third kappa shape index (κ3) is 2.55. The molecule has 2 N–H and O–H groups in total. The second-order valence-corrected chi connectivity index (χ2v) is 4.26. The van der Waals surface area contributed by atoms with Crippen molar-refractivity contribution in [2.24, 2.45) is 0 Å². The average Bonchev–Trinajstić information content (AvgIpc) is 2.17. The van der Waals surface area contributed by atoms with Crippen LogP contribution in [0.15, 0.2) is 10.9 Å². The number of hydrogen-bond acceptors (Lipinski definition) is 3. The number of aryl methyl sites for hydroxylation is 1. The van der Waals surface area contributed by atoms with Gasteiger partial charge in [0.25, 0.3) is 5.56 Å². The zero-order valence-electron chi connectivity index (χ0n) is 9.48. The van der Waals surface area contributed by atoms with Crippen molar-refractivity contribution in [1.82, 2.24) is 9.55 Å². The van der Waals surface area contributed by atoms with Gasteiger partial charge in [0.05, 0.1) is 0 Å². The molecule has 0 unspecified atom stereocenters. The van der Waals surface area contributed by atoms with Crippen LogP contribution in [-0.2, 0) is 0 Å². The van der Waals surface area contributed by atoms with E-state index in [2.05, 4.69) is 4.98 Å². The lowest BCUT2D eigenvalue weighted by Crippen LogP contribution is -2.23. The molecule has 1 fully saturated rings. The predicted octanol–water partition coefficient (Wildman–Crippen LogP) is 2.06. The van der Waals surface area contributed by atoms with E-state index in [1.54, 1.807) is 6.07 Å². The van der Waals surface area contributed by atoms with Crippen molar-refractivity contribution >= 4 is 18.4 Å². The van der Waals surface area contributed by atoms with Gasteiger partial charge in [-0.05, 0) is 19.8 Å². The van der Waals surface area contributed by atoms with Crippen molar-refractivity contribution in [2.45, 2.75) is 45.1 Å². The summed E-state index contributed by atoms with van der Waals surface area (Å²) in [7, 11) is 0. The predicted molar refractivity (Wildman–Crippen MR) is 67.0 cm³/mol. The molecule has 0 saturated heterocycles. The topological polar surface area (TPSA) is 60.9 Å². The Morgan fingerprint density at radius 2 is 2.00 bits per heavy atom. The Morgan fingerprint density at radius 3 is 2.56 bits per heavy atom. The highest BCUT2D eigenvalue weighted by atomic mass is 35.5. The molecule has 0 bridgehead atoms. The van der Waals surface area contributed by atoms with E-state index in [0.717, 1.165) is 18.5 Å². The minimum atomic E-state index is -0.239. The fourth-order valence-corrected chi connectivity index (χ4v) is 2.44. The molecule has 1 aliphatic rings. The van der Waals surface area contributed by atoms with Crippen molar-refractivity contribution in [1.29, 1.82) is 0 Å². The molecule has 1 heterocycles. The van der Waals surface area contributed by atoms with E-state index >= 15 is 0 Å². The van der Waals surface area contributed by atoms with Gasteiger partial charge in [0, 0.05) is 17.8 Å². The molecule has 4 nitrogen and oxygen atoms in total. The fraction of sp³-hybridized carbons (Fsp3) is 0.636. The Morgan fingerprint density at radius 1 is 1.38 bits per heavy atom. The summed E-state index contributed by atoms with van der Waals surface area (Å²) >= 11 is 0. The summed E-state index contributed by atoms with van der Waals surface area (Å²) in [6, 6.07) is 2.00. The number of nitrogen functional groups attached to an aromatic ring is 1. The number of aromatic nitrogens is 2. The van der Waals surface area contributed by atoms with Crippen LogP contribution in [0.4, 0.5) is 5.95 Å². The molecule has 90 valence electrons. The standard InChI is InChI=1S/C11H17N3O.ClH/c1-8-7-10(15)13-11(12)14(8)9-5-3-2-4-6-9;/h7,9H,2-6H2,1H3,(H2,12,13,15);1H. The van der Waals surface area contributed by atoms with Gasteiger partial charge in [-0.3, -0.25) is 4.79 Å². The number of halogens is 1. The van der Waals surface area contributed by atoms with Gasteiger partial charge in [-0.15, -0.1) is 12.4 Å². The third-order valence-corrected chi connectivity index (χ3v) is 3.12. The Labute approximate surface area is 101 Å². The highest BCUT2D eigenvalue weighted by Crippen LogP contribution is 2.29. The molecule has 2 rings (SSSR count). The van der Waals surface area contributed by atoms with Crippen LogP contribution in [0.25, 0.3) is 0 Å². The number of nitrogens with zero attached hydrogens (tertiary/aromatic N) is 2. The summed E-state index contributed by atoms with van der Waals surface area (Å²) in [6.07, 6.45) is 6.10. The molecule has 0 atom stereocenters. The SMILES string of the molecule is Cc1cc(=O)nc(N)n1C1CCCCC1.Cl. The zero-order valence-corrected chi connectivity index (χ0v) is 10.3. The zero-order chi connectivity index (χ0) is 10.8. The van der Waals surface area contributed by atoms with Crippen LogP contribution in [0.3, 0.4) is 0 Å². The largest absolute Gasteiger partial charge is 0.369 e. The lowest BCUT2D eigenvalue weighted by molar-refractivity contribution is 0.348. The van der Waals surface area contributed by atoms with Crippen molar-refractivity contribution < 1.29 is 0 Å². The minimum Gasteiger partial charge on any atom is -0.369 e. The lowest BCUT2D eigenvalue weighted by Gasteiger charge is -2.27. The Bertz CT molecular complexity index is 384. The first-order valence-electron chi connectivity index (χ1n) is 5.54. The van der Waals surface area contributed by atoms with Gasteiger partial charge < -0.3 is 10.3 Å². The molecule has 16 heavy (non-hydrogen) atoms. The number of anilines is 1. The van der Waals surface area contributed by atoms with E-state index in [4.69, 9.17) is 5.73 Å². The summed E-state index contributed by atoms with van der Waals surface area (Å²) in [6.45, 7) is 1.92. The van der Waals surface area contributed by atoms with Crippen molar-refractivity contribution in [2.75, 3.05) is 5.73 Å². The molecular weight excluding hydrogens is 226 g/mol. The summed E-state index contributed by atoms with van der Waals surface area (Å²) in [5.41, 5.74) is 6.50. The third-order valence-electron chi connectivity index (χ3n) is 3.12. The van der Waals surface area contributed by atoms with E-state index in [1.807, 2.05) is 11.5 Å². The smallest absolute Gasteiger partial charge is 0.274 e. The van der Waals surface area contributed by atoms with E-state index in [-0.39, 0.29) is 18.0 Å². The maximum Gasteiger partial charge on any atom is 0.274 e. The van der Waals surface area contributed by atoms with Crippen LogP contribution < -0.4 is 11.3 Å². The maximum atomic E-state index is 11.1. The van der Waals surface area contributed by atoms with Crippen LogP contribution in [-0.4, -0.2) is 9.55 Å². The molecule has 0 aromatic carbocycles. The molecule has 0 aliphatic heterocycles. The fourth-order valence-electron chi connectivity index (χ4n) is 2.44. The first-order valence-corrected chi connectivity index (χ1v) is 5.54. The van der Waals surface area contributed by atoms with Crippen molar-refractivity contribution in [3.63, 3.8) is 0 Å². The number of nitrogens with two attached hydrogens (primary N) is 1. The molecule has 1 aromatic heterocycles. The molecule has 0 radical (unpaired) electrons. The van der Waals surface area contributed by atoms with E-state index < -0.39 is 0 Å². The van der Waals surface area contributed by atoms with Crippen LogP contribution in [0.2, 0.25) is 0 Å². The van der Waals surface area contributed by atoms with Gasteiger partial charge >= 0.3 is 0 Å². The lowest BCUT2D eigenvalue weighted by atomic mass is 9.95. The van der Waals surface area contributed by atoms with E-state index in [0.29, 0.717) is 12.0 Å². The van der Waals surface area contributed by atoms with Gasteiger partial charge in [0.1, 0.15) is 0 Å². The van der Waals surface area contributed by atoms with Crippen LogP contribution >= 0.6 is 12.4 Å². The maximum absolute atomic E-state index is 11.1. The first-order chi connectivity index (χ1) is 7.18. The highest BCUT2D eigenvalue weighted by molar-refractivity contribution is 5.85. The van der Waals surface area contributed by atoms with Gasteiger partial charge in [0.2, 0.25) is 5.95 Å². The van der Waals surface area contributed by atoms with Gasteiger partial charge in [-0.1, -0.05) is 19.3 Å². The quantitative estimate of drug-likeness (QED) is 0.821. The molecule has 1 aromatic rings. The summed E-state index contributed by atoms with van der Waals surface area (Å²) in [4.78, 5) is 14.9. The molecule has 0 spiro atoms. The number of rotatable bonds is 1. The summed E-state index contributed by atoms with van der Waals surface area (Å²) in [5, 5.41) is 0.